The molecule has 9 heteroatoms. The van der Waals surface area contributed by atoms with Crippen LogP contribution in [0.1, 0.15) is 24.9 Å². The first kappa shape index (κ1) is 23.2. The average Bonchev–Trinajstić information content (AvgIpc) is 2.66. The van der Waals surface area contributed by atoms with Gasteiger partial charge in [-0.25, -0.2) is 0 Å². The van der Waals surface area contributed by atoms with Crippen molar-refractivity contribution in [1.29, 1.82) is 0 Å². The van der Waals surface area contributed by atoms with Gasteiger partial charge in [-0.3, -0.25) is 9.59 Å². The van der Waals surface area contributed by atoms with Crippen LogP contribution in [-0.4, -0.2) is 29.9 Å². The van der Waals surface area contributed by atoms with E-state index in [0.29, 0.717) is 17.7 Å². The zero-order valence-corrected chi connectivity index (χ0v) is 18.1. The van der Waals surface area contributed by atoms with E-state index in [9.17, 15) is 18.4 Å². The number of carbonyl (C=O) groups is 2. The van der Waals surface area contributed by atoms with E-state index in [4.69, 9.17) is 0 Å². The van der Waals surface area contributed by atoms with Crippen LogP contribution in [0.25, 0.3) is 0 Å². The van der Waals surface area contributed by atoms with E-state index in [1.54, 1.807) is 36.4 Å². The van der Waals surface area contributed by atoms with Crippen LogP contribution in [0.15, 0.2) is 53.0 Å². The van der Waals surface area contributed by atoms with Crippen LogP contribution in [0, 0.1) is 0 Å². The molecule has 0 aliphatic heterocycles. The lowest BCUT2D eigenvalue weighted by molar-refractivity contribution is -0.119. The zero-order valence-electron chi connectivity index (χ0n) is 15.7. The third-order valence-corrected chi connectivity index (χ3v) is 5.25. The molecule has 1 unspecified atom stereocenters. The normalized spacial score (nSPS) is 11.8. The van der Waals surface area contributed by atoms with E-state index in [2.05, 4.69) is 31.3 Å². The first-order valence-corrected chi connectivity index (χ1v) is 10.8. The Labute approximate surface area is 180 Å². The summed E-state index contributed by atoms with van der Waals surface area (Å²) in [6.07, 6.45) is 0.503. The van der Waals surface area contributed by atoms with Crippen molar-refractivity contribution in [3.05, 3.63) is 58.6 Å². The number of ether oxygens (including phenoxy) is 1. The van der Waals surface area contributed by atoms with E-state index < -0.39 is 12.7 Å². The van der Waals surface area contributed by atoms with Crippen molar-refractivity contribution in [2.45, 2.75) is 26.0 Å². The molecular formula is C20H21BrF2N2O3S. The molecule has 5 nitrogen and oxygen atoms in total. The molecule has 0 saturated carbocycles. The molecule has 0 bridgehead atoms. The van der Waals surface area contributed by atoms with Gasteiger partial charge in [0.2, 0.25) is 11.8 Å². The molecule has 2 aromatic carbocycles. The number of anilines is 1. The van der Waals surface area contributed by atoms with Gasteiger partial charge >= 0.3 is 6.61 Å². The third-order valence-electron chi connectivity index (χ3n) is 3.83. The Morgan fingerprint density at radius 1 is 1.10 bits per heavy atom. The first-order chi connectivity index (χ1) is 13.9. The minimum atomic E-state index is -2.94. The van der Waals surface area contributed by atoms with Crippen molar-refractivity contribution in [3.8, 4) is 5.75 Å². The molecular weight excluding hydrogens is 466 g/mol. The van der Waals surface area contributed by atoms with Crippen molar-refractivity contribution < 1.29 is 23.1 Å². The summed E-state index contributed by atoms with van der Waals surface area (Å²) >= 11 is 4.50. The Balaban J connectivity index is 1.84. The van der Waals surface area contributed by atoms with Crippen molar-refractivity contribution in [2.24, 2.45) is 0 Å². The number of thioether (sulfide) groups is 1. The SMILES string of the molecule is CCC(NC(=O)CSCC(=O)Nc1cccc(Br)c1)c1ccccc1OC(F)F. The maximum absolute atomic E-state index is 12.6. The van der Waals surface area contributed by atoms with Crippen LogP contribution < -0.4 is 15.4 Å². The fourth-order valence-corrected chi connectivity index (χ4v) is 3.63. The van der Waals surface area contributed by atoms with Crippen LogP contribution in [0.2, 0.25) is 0 Å². The highest BCUT2D eigenvalue weighted by Crippen LogP contribution is 2.28. The molecule has 0 aliphatic rings. The fourth-order valence-electron chi connectivity index (χ4n) is 2.61. The Hall–Kier alpha value is -2.13. The highest BCUT2D eigenvalue weighted by molar-refractivity contribution is 9.10. The summed E-state index contributed by atoms with van der Waals surface area (Å²) in [6.45, 7) is -1.11. The quantitative estimate of drug-likeness (QED) is 0.496. The molecule has 1 atom stereocenters. The lowest BCUT2D eigenvalue weighted by Gasteiger charge is -2.20. The second-order valence-corrected chi connectivity index (χ2v) is 7.90. The predicted molar refractivity (Wildman–Crippen MR) is 114 cm³/mol. The number of rotatable bonds is 10. The molecule has 2 rings (SSSR count). The van der Waals surface area contributed by atoms with Gasteiger partial charge in [-0.2, -0.15) is 8.78 Å². The molecule has 0 saturated heterocycles. The highest BCUT2D eigenvalue weighted by Gasteiger charge is 2.19. The lowest BCUT2D eigenvalue weighted by atomic mass is 10.0. The van der Waals surface area contributed by atoms with Crippen LogP contribution in [0.4, 0.5) is 14.5 Å². The maximum atomic E-state index is 12.6. The number of hydrogen-bond acceptors (Lipinski definition) is 4. The number of alkyl halides is 2. The van der Waals surface area contributed by atoms with Gasteiger partial charge in [0, 0.05) is 15.7 Å². The first-order valence-electron chi connectivity index (χ1n) is 8.85. The molecule has 29 heavy (non-hydrogen) atoms. The van der Waals surface area contributed by atoms with Gasteiger partial charge < -0.3 is 15.4 Å². The van der Waals surface area contributed by atoms with Crippen LogP contribution >= 0.6 is 27.7 Å². The summed E-state index contributed by atoms with van der Waals surface area (Å²) in [4.78, 5) is 24.2. The molecule has 0 fully saturated rings. The number of carbonyl (C=O) groups excluding carboxylic acids is 2. The average molecular weight is 487 g/mol. The molecule has 0 radical (unpaired) electrons. The Morgan fingerprint density at radius 3 is 2.52 bits per heavy atom. The number of halogens is 3. The molecule has 0 aromatic heterocycles. The molecule has 2 amide bonds. The zero-order chi connectivity index (χ0) is 21.2. The number of para-hydroxylation sites is 1. The topological polar surface area (TPSA) is 67.4 Å². The molecule has 0 heterocycles. The standard InChI is InChI=1S/C20H21BrF2N2O3S/c1-2-16(15-8-3-4-9-17(15)28-20(22)23)25-19(27)12-29-11-18(26)24-14-7-5-6-13(21)10-14/h3-10,16,20H,2,11-12H2,1H3,(H,24,26)(H,25,27). The smallest absolute Gasteiger partial charge is 0.387 e. The number of benzene rings is 2. The molecule has 2 N–H and O–H groups in total. The van der Waals surface area contributed by atoms with Gasteiger partial charge in [-0.05, 0) is 30.7 Å². The molecule has 0 aliphatic carbocycles. The summed E-state index contributed by atoms with van der Waals surface area (Å²) in [5, 5.41) is 5.56. The molecule has 0 spiro atoms. The van der Waals surface area contributed by atoms with E-state index in [0.717, 1.165) is 4.47 Å². The minimum absolute atomic E-state index is 0.0377. The van der Waals surface area contributed by atoms with E-state index >= 15 is 0 Å². The number of hydrogen-bond donors (Lipinski definition) is 2. The van der Waals surface area contributed by atoms with Gasteiger partial charge in [0.15, 0.2) is 0 Å². The number of nitrogens with one attached hydrogen (secondary N) is 2. The third kappa shape index (κ3) is 8.02. The summed E-state index contributed by atoms with van der Waals surface area (Å²) in [6, 6.07) is 13.1. The van der Waals surface area contributed by atoms with Crippen LogP contribution in [0.3, 0.4) is 0 Å². The van der Waals surface area contributed by atoms with E-state index in [1.165, 1.54) is 17.8 Å². The van der Waals surface area contributed by atoms with Crippen molar-refractivity contribution in [3.63, 3.8) is 0 Å². The Morgan fingerprint density at radius 2 is 1.83 bits per heavy atom. The second-order valence-electron chi connectivity index (χ2n) is 6.00. The molecule has 2 aromatic rings. The van der Waals surface area contributed by atoms with E-state index in [-0.39, 0.29) is 29.1 Å². The van der Waals surface area contributed by atoms with Crippen LogP contribution in [-0.2, 0) is 9.59 Å². The largest absolute Gasteiger partial charge is 0.434 e. The Bertz CT molecular complexity index is 839. The monoisotopic (exact) mass is 486 g/mol. The summed E-state index contributed by atoms with van der Waals surface area (Å²) in [7, 11) is 0. The summed E-state index contributed by atoms with van der Waals surface area (Å²) in [5.74, 6) is -0.287. The van der Waals surface area contributed by atoms with Crippen molar-refractivity contribution in [2.75, 3.05) is 16.8 Å². The summed E-state index contributed by atoms with van der Waals surface area (Å²) in [5.41, 5.74) is 1.15. The van der Waals surface area contributed by atoms with Gasteiger partial charge in [-0.1, -0.05) is 47.1 Å². The lowest BCUT2D eigenvalue weighted by Crippen LogP contribution is -2.30. The predicted octanol–water partition coefficient (Wildman–Crippen LogP) is 4.99. The minimum Gasteiger partial charge on any atom is -0.434 e. The van der Waals surface area contributed by atoms with Gasteiger partial charge in [-0.15, -0.1) is 11.8 Å². The van der Waals surface area contributed by atoms with Gasteiger partial charge in [0.25, 0.3) is 0 Å². The summed E-state index contributed by atoms with van der Waals surface area (Å²) < 4.78 is 30.6. The van der Waals surface area contributed by atoms with Crippen molar-refractivity contribution >= 4 is 45.2 Å². The van der Waals surface area contributed by atoms with E-state index in [1.807, 2.05) is 13.0 Å². The molecule has 156 valence electrons. The number of amides is 2. The second kappa shape index (κ2) is 11.8. The van der Waals surface area contributed by atoms with Gasteiger partial charge in [0.1, 0.15) is 5.75 Å². The fraction of sp³-hybridized carbons (Fsp3) is 0.300. The Kier molecular flexibility index (Phi) is 9.40. The maximum Gasteiger partial charge on any atom is 0.387 e. The van der Waals surface area contributed by atoms with Crippen molar-refractivity contribution in [1.82, 2.24) is 5.32 Å². The van der Waals surface area contributed by atoms with Gasteiger partial charge in [0.05, 0.1) is 17.5 Å². The highest BCUT2D eigenvalue weighted by atomic mass is 79.9. The van der Waals surface area contributed by atoms with Crippen LogP contribution in [0.5, 0.6) is 5.75 Å².